The minimum atomic E-state index is 0.178. The molecule has 1 aliphatic rings. The molecule has 25 heavy (non-hydrogen) atoms. The number of rotatable bonds is 1. The molecule has 1 aromatic carbocycles. The van der Waals surface area contributed by atoms with Gasteiger partial charge in [0.1, 0.15) is 0 Å². The predicted molar refractivity (Wildman–Crippen MR) is 93.1 cm³/mol. The molecule has 0 atom stereocenters. The molecule has 1 aliphatic heterocycles. The van der Waals surface area contributed by atoms with Crippen molar-refractivity contribution in [3.05, 3.63) is 41.4 Å². The van der Waals surface area contributed by atoms with E-state index in [-0.39, 0.29) is 5.28 Å². The largest absolute Gasteiger partial charge is 0.377 e. The maximum Gasteiger partial charge on any atom is 0.222 e. The first-order chi connectivity index (χ1) is 12.2. The molecule has 0 unspecified atom stereocenters. The van der Waals surface area contributed by atoms with Crippen molar-refractivity contribution in [2.75, 3.05) is 26.4 Å². The van der Waals surface area contributed by atoms with Gasteiger partial charge in [-0.25, -0.2) is 9.97 Å². The summed E-state index contributed by atoms with van der Waals surface area (Å²) >= 11 is 5.82. The van der Waals surface area contributed by atoms with Crippen LogP contribution < -0.4 is 0 Å². The number of nitriles is 1. The first-order valence-corrected chi connectivity index (χ1v) is 8.07. The van der Waals surface area contributed by atoms with Crippen molar-refractivity contribution in [3.63, 3.8) is 0 Å². The van der Waals surface area contributed by atoms with Gasteiger partial charge in [0.2, 0.25) is 5.28 Å². The molecule has 1 saturated heterocycles. The summed E-state index contributed by atoms with van der Waals surface area (Å²) in [7, 11) is 1.83. The number of hydrogen-bond acceptors (Lipinski definition) is 6. The van der Waals surface area contributed by atoms with E-state index < -0.39 is 0 Å². The number of aryl methyl sites for hydroxylation is 1. The number of ether oxygens (including phenoxy) is 2. The van der Waals surface area contributed by atoms with Crippen LogP contribution in [0.25, 0.3) is 22.2 Å². The lowest BCUT2D eigenvalue weighted by atomic mass is 10.0. The Morgan fingerprint density at radius 2 is 1.92 bits per heavy atom. The van der Waals surface area contributed by atoms with Gasteiger partial charge in [-0.3, -0.25) is 4.68 Å². The van der Waals surface area contributed by atoms with E-state index in [4.69, 9.17) is 26.3 Å². The molecule has 8 heteroatoms. The van der Waals surface area contributed by atoms with Gasteiger partial charge in [0.25, 0.3) is 0 Å². The summed E-state index contributed by atoms with van der Waals surface area (Å²) in [6.45, 7) is 3.11. The van der Waals surface area contributed by atoms with Crippen LogP contribution in [0.4, 0.5) is 0 Å². The van der Waals surface area contributed by atoms with Gasteiger partial charge >= 0.3 is 0 Å². The summed E-state index contributed by atoms with van der Waals surface area (Å²) in [5.41, 5.74) is 2.94. The molecular formula is C17H16ClN5O2. The van der Waals surface area contributed by atoms with E-state index in [9.17, 15) is 0 Å². The number of halogens is 1. The van der Waals surface area contributed by atoms with Crippen LogP contribution in [0.15, 0.2) is 30.6 Å². The van der Waals surface area contributed by atoms with E-state index in [0.717, 1.165) is 42.9 Å². The van der Waals surface area contributed by atoms with Gasteiger partial charge in [-0.2, -0.15) is 10.4 Å². The number of hydrogen-bond donors (Lipinski definition) is 0. The molecule has 4 rings (SSSR count). The molecule has 3 aromatic rings. The normalized spacial score (nSPS) is 13.8. The summed E-state index contributed by atoms with van der Waals surface area (Å²) < 4.78 is 11.6. The van der Waals surface area contributed by atoms with E-state index in [1.807, 2.05) is 7.05 Å². The minimum absolute atomic E-state index is 0.178. The van der Waals surface area contributed by atoms with Crippen LogP contribution in [-0.4, -0.2) is 46.2 Å². The Bertz CT molecular complexity index is 904. The van der Waals surface area contributed by atoms with Gasteiger partial charge in [-0.1, -0.05) is 0 Å². The summed E-state index contributed by atoms with van der Waals surface area (Å²) in [5, 5.41) is 14.4. The second-order valence-electron chi connectivity index (χ2n) is 5.27. The number of benzene rings is 1. The first-order valence-electron chi connectivity index (χ1n) is 7.69. The van der Waals surface area contributed by atoms with Crippen molar-refractivity contribution >= 4 is 22.5 Å². The zero-order valence-electron chi connectivity index (χ0n) is 13.6. The number of fused-ring (bicyclic) bond motifs is 1. The van der Waals surface area contributed by atoms with Gasteiger partial charge in [0, 0.05) is 24.2 Å². The highest BCUT2D eigenvalue weighted by molar-refractivity contribution is 6.28. The average Bonchev–Trinajstić information content (AvgIpc) is 3.04. The Kier molecular flexibility index (Phi) is 5.56. The maximum atomic E-state index is 9.11. The molecule has 0 N–H and O–H groups in total. The fourth-order valence-corrected chi connectivity index (χ4v) is 2.60. The third-order valence-electron chi connectivity index (χ3n) is 3.64. The topological polar surface area (TPSA) is 85.8 Å². The molecular weight excluding hydrogens is 342 g/mol. The van der Waals surface area contributed by atoms with Crippen molar-refractivity contribution in [2.24, 2.45) is 7.05 Å². The zero-order chi connectivity index (χ0) is 17.6. The van der Waals surface area contributed by atoms with Gasteiger partial charge in [-0.05, 0) is 29.8 Å². The van der Waals surface area contributed by atoms with E-state index in [1.54, 1.807) is 35.3 Å². The number of aromatic nitrogens is 4. The standard InChI is InChI=1S/C13H8ClN5.C4H8O2/c1-19-12-5-8(6-15)4-9(10(12)7-17-19)11-2-3-16-13(14)18-11;1-2-6-4-3-5-1/h2-5,7H,1H3;1-4H2. The van der Waals surface area contributed by atoms with E-state index in [0.29, 0.717) is 11.3 Å². The molecule has 0 spiro atoms. The molecule has 0 aliphatic carbocycles. The molecule has 7 nitrogen and oxygen atoms in total. The predicted octanol–water partition coefficient (Wildman–Crippen LogP) is 2.59. The van der Waals surface area contributed by atoms with Crippen LogP contribution in [-0.2, 0) is 16.5 Å². The van der Waals surface area contributed by atoms with Gasteiger partial charge in [-0.15, -0.1) is 0 Å². The minimum Gasteiger partial charge on any atom is -0.377 e. The van der Waals surface area contributed by atoms with Crippen LogP contribution in [0, 0.1) is 11.3 Å². The molecule has 2 aromatic heterocycles. The smallest absolute Gasteiger partial charge is 0.222 e. The Morgan fingerprint density at radius 1 is 1.20 bits per heavy atom. The Hall–Kier alpha value is -2.53. The molecule has 0 amide bonds. The lowest BCUT2D eigenvalue weighted by Gasteiger charge is -2.09. The van der Waals surface area contributed by atoms with Gasteiger partial charge in [0.05, 0.1) is 55.5 Å². The monoisotopic (exact) mass is 357 g/mol. The van der Waals surface area contributed by atoms with Crippen LogP contribution in [0.2, 0.25) is 5.28 Å². The van der Waals surface area contributed by atoms with E-state index in [2.05, 4.69) is 21.1 Å². The second-order valence-corrected chi connectivity index (χ2v) is 5.61. The Morgan fingerprint density at radius 3 is 2.52 bits per heavy atom. The highest BCUT2D eigenvalue weighted by atomic mass is 35.5. The summed E-state index contributed by atoms with van der Waals surface area (Å²) in [6, 6.07) is 7.48. The van der Waals surface area contributed by atoms with Crippen LogP contribution in [0.3, 0.4) is 0 Å². The lowest BCUT2D eigenvalue weighted by Crippen LogP contribution is -2.16. The fourth-order valence-electron chi connectivity index (χ4n) is 2.45. The summed E-state index contributed by atoms with van der Waals surface area (Å²) in [6.07, 6.45) is 3.34. The molecule has 1 fully saturated rings. The fraction of sp³-hybridized carbons (Fsp3) is 0.294. The molecule has 128 valence electrons. The van der Waals surface area contributed by atoms with Crippen molar-refractivity contribution in [1.29, 1.82) is 5.26 Å². The van der Waals surface area contributed by atoms with Crippen LogP contribution >= 0.6 is 11.6 Å². The second kappa shape index (κ2) is 8.03. The molecule has 0 bridgehead atoms. The molecule has 0 radical (unpaired) electrons. The third kappa shape index (κ3) is 4.12. The van der Waals surface area contributed by atoms with Gasteiger partial charge in [0.15, 0.2) is 0 Å². The Labute approximate surface area is 149 Å². The van der Waals surface area contributed by atoms with E-state index in [1.165, 1.54) is 0 Å². The van der Waals surface area contributed by atoms with Crippen molar-refractivity contribution < 1.29 is 9.47 Å². The lowest BCUT2D eigenvalue weighted by molar-refractivity contribution is -0.0334. The highest BCUT2D eigenvalue weighted by Gasteiger charge is 2.11. The van der Waals surface area contributed by atoms with E-state index >= 15 is 0 Å². The zero-order valence-corrected chi connectivity index (χ0v) is 14.4. The first kappa shape index (κ1) is 17.3. The highest BCUT2D eigenvalue weighted by Crippen LogP contribution is 2.28. The van der Waals surface area contributed by atoms with Crippen molar-refractivity contribution in [3.8, 4) is 17.3 Å². The maximum absolute atomic E-state index is 9.11. The third-order valence-corrected chi connectivity index (χ3v) is 3.82. The van der Waals surface area contributed by atoms with Crippen molar-refractivity contribution in [2.45, 2.75) is 0 Å². The SMILES string of the molecule is C1COCCO1.Cn1ncc2c(-c3ccnc(Cl)n3)cc(C#N)cc21. The quantitative estimate of drug-likeness (QED) is 0.622. The summed E-state index contributed by atoms with van der Waals surface area (Å²) in [4.78, 5) is 8.05. The summed E-state index contributed by atoms with van der Waals surface area (Å²) in [5.74, 6) is 0. The van der Waals surface area contributed by atoms with Crippen LogP contribution in [0.1, 0.15) is 5.56 Å². The van der Waals surface area contributed by atoms with Crippen molar-refractivity contribution in [1.82, 2.24) is 19.7 Å². The number of nitrogens with zero attached hydrogens (tertiary/aromatic N) is 5. The average molecular weight is 358 g/mol. The van der Waals surface area contributed by atoms with Crippen LogP contribution in [0.5, 0.6) is 0 Å². The molecule has 0 saturated carbocycles. The molecule has 3 heterocycles. The Balaban J connectivity index is 0.000000258. The van der Waals surface area contributed by atoms with Gasteiger partial charge < -0.3 is 9.47 Å².